The van der Waals surface area contributed by atoms with E-state index >= 15 is 0 Å². The number of ether oxygens (including phenoxy) is 1. The molecule has 0 saturated carbocycles. The van der Waals surface area contributed by atoms with Crippen LogP contribution >= 0.6 is 15.9 Å². The fourth-order valence-electron chi connectivity index (χ4n) is 1.75. The van der Waals surface area contributed by atoms with Crippen LogP contribution in [0.5, 0.6) is 11.5 Å². The molecule has 0 fully saturated rings. The SMILES string of the molecule is COc1cccc(CNC(=O)c2cc(Br)ccc2O)c1. The first kappa shape index (κ1) is 14.4. The highest BCUT2D eigenvalue weighted by Crippen LogP contribution is 2.21. The van der Waals surface area contributed by atoms with Crippen LogP contribution in [0.3, 0.4) is 0 Å². The lowest BCUT2D eigenvalue weighted by Gasteiger charge is -2.08. The molecule has 0 radical (unpaired) electrons. The summed E-state index contributed by atoms with van der Waals surface area (Å²) in [6, 6.07) is 12.2. The van der Waals surface area contributed by atoms with Crippen LogP contribution in [0.4, 0.5) is 0 Å². The Labute approximate surface area is 125 Å². The summed E-state index contributed by atoms with van der Waals surface area (Å²) in [4.78, 5) is 12.0. The number of amides is 1. The van der Waals surface area contributed by atoms with Gasteiger partial charge in [-0.05, 0) is 35.9 Å². The van der Waals surface area contributed by atoms with Crippen molar-refractivity contribution in [3.63, 3.8) is 0 Å². The smallest absolute Gasteiger partial charge is 0.255 e. The van der Waals surface area contributed by atoms with Crippen molar-refractivity contribution in [2.24, 2.45) is 0 Å². The topological polar surface area (TPSA) is 58.6 Å². The van der Waals surface area contributed by atoms with Gasteiger partial charge in [0, 0.05) is 11.0 Å². The Morgan fingerprint density at radius 2 is 2.10 bits per heavy atom. The quantitative estimate of drug-likeness (QED) is 0.902. The third-order valence-electron chi connectivity index (χ3n) is 2.79. The normalized spacial score (nSPS) is 10.1. The summed E-state index contributed by atoms with van der Waals surface area (Å²) in [5.74, 6) is 0.366. The van der Waals surface area contributed by atoms with Crippen LogP contribution in [0.2, 0.25) is 0 Å². The average molecular weight is 336 g/mol. The number of phenols is 1. The molecule has 2 rings (SSSR count). The number of nitrogens with one attached hydrogen (secondary N) is 1. The second-order valence-electron chi connectivity index (χ2n) is 4.20. The average Bonchev–Trinajstić information content (AvgIpc) is 2.47. The van der Waals surface area contributed by atoms with Crippen molar-refractivity contribution in [2.75, 3.05) is 7.11 Å². The summed E-state index contributed by atoms with van der Waals surface area (Å²) >= 11 is 3.27. The molecule has 0 spiro atoms. The van der Waals surface area contributed by atoms with Crippen molar-refractivity contribution in [3.8, 4) is 11.5 Å². The predicted octanol–water partition coefficient (Wildman–Crippen LogP) is 3.09. The van der Waals surface area contributed by atoms with Crippen LogP contribution < -0.4 is 10.1 Å². The molecule has 5 heteroatoms. The van der Waals surface area contributed by atoms with Gasteiger partial charge < -0.3 is 15.2 Å². The molecule has 2 aromatic rings. The maximum atomic E-state index is 12.0. The highest BCUT2D eigenvalue weighted by Gasteiger charge is 2.11. The lowest BCUT2D eigenvalue weighted by Crippen LogP contribution is -2.22. The van der Waals surface area contributed by atoms with Crippen molar-refractivity contribution in [1.82, 2.24) is 5.32 Å². The second kappa shape index (κ2) is 6.43. The first-order valence-electron chi connectivity index (χ1n) is 6.00. The van der Waals surface area contributed by atoms with Crippen LogP contribution in [0.1, 0.15) is 15.9 Å². The Kier molecular flexibility index (Phi) is 4.63. The van der Waals surface area contributed by atoms with Crippen molar-refractivity contribution < 1.29 is 14.6 Å². The van der Waals surface area contributed by atoms with Crippen LogP contribution in [0.15, 0.2) is 46.9 Å². The van der Waals surface area contributed by atoms with Gasteiger partial charge in [0.15, 0.2) is 0 Å². The number of carbonyl (C=O) groups is 1. The summed E-state index contributed by atoms with van der Waals surface area (Å²) in [6.07, 6.45) is 0. The molecule has 2 aromatic carbocycles. The van der Waals surface area contributed by atoms with Crippen molar-refractivity contribution >= 4 is 21.8 Å². The van der Waals surface area contributed by atoms with E-state index in [4.69, 9.17) is 4.74 Å². The summed E-state index contributed by atoms with van der Waals surface area (Å²) < 4.78 is 5.86. The van der Waals surface area contributed by atoms with Gasteiger partial charge in [0.2, 0.25) is 0 Å². The van der Waals surface area contributed by atoms with Gasteiger partial charge in [-0.25, -0.2) is 0 Å². The molecule has 0 aliphatic heterocycles. The molecular weight excluding hydrogens is 322 g/mol. The zero-order valence-corrected chi connectivity index (χ0v) is 12.5. The minimum atomic E-state index is -0.327. The predicted molar refractivity (Wildman–Crippen MR) is 80.0 cm³/mol. The molecule has 104 valence electrons. The molecule has 4 nitrogen and oxygen atoms in total. The standard InChI is InChI=1S/C15H14BrNO3/c1-20-12-4-2-3-10(7-12)9-17-15(19)13-8-11(16)5-6-14(13)18/h2-8,18H,9H2,1H3,(H,17,19). The van der Waals surface area contributed by atoms with E-state index in [0.29, 0.717) is 6.54 Å². The van der Waals surface area contributed by atoms with E-state index in [2.05, 4.69) is 21.2 Å². The zero-order valence-electron chi connectivity index (χ0n) is 10.9. The molecule has 0 bridgehead atoms. The van der Waals surface area contributed by atoms with E-state index in [-0.39, 0.29) is 17.2 Å². The summed E-state index contributed by atoms with van der Waals surface area (Å²) in [6.45, 7) is 0.363. The molecule has 0 aromatic heterocycles. The minimum Gasteiger partial charge on any atom is -0.507 e. The minimum absolute atomic E-state index is 0.0451. The van der Waals surface area contributed by atoms with Gasteiger partial charge in [-0.1, -0.05) is 28.1 Å². The number of aromatic hydroxyl groups is 1. The van der Waals surface area contributed by atoms with Gasteiger partial charge in [0.1, 0.15) is 11.5 Å². The van der Waals surface area contributed by atoms with E-state index in [1.54, 1.807) is 19.2 Å². The van der Waals surface area contributed by atoms with Gasteiger partial charge in [-0.15, -0.1) is 0 Å². The van der Waals surface area contributed by atoms with E-state index in [0.717, 1.165) is 15.8 Å². The molecular formula is C15H14BrNO3. The van der Waals surface area contributed by atoms with Crippen molar-refractivity contribution in [2.45, 2.75) is 6.54 Å². The van der Waals surface area contributed by atoms with E-state index in [1.165, 1.54) is 6.07 Å². The molecule has 2 N–H and O–H groups in total. The van der Waals surface area contributed by atoms with Gasteiger partial charge in [-0.3, -0.25) is 4.79 Å². The Hall–Kier alpha value is -2.01. The molecule has 0 atom stereocenters. The maximum Gasteiger partial charge on any atom is 0.255 e. The fourth-order valence-corrected chi connectivity index (χ4v) is 2.11. The summed E-state index contributed by atoms with van der Waals surface area (Å²) in [7, 11) is 1.59. The van der Waals surface area contributed by atoms with Crippen LogP contribution in [0.25, 0.3) is 0 Å². The second-order valence-corrected chi connectivity index (χ2v) is 5.11. The van der Waals surface area contributed by atoms with Crippen molar-refractivity contribution in [3.05, 3.63) is 58.1 Å². The molecule has 0 aliphatic rings. The van der Waals surface area contributed by atoms with Gasteiger partial charge in [0.25, 0.3) is 5.91 Å². The number of carbonyl (C=O) groups excluding carboxylic acids is 1. The number of methoxy groups -OCH3 is 1. The first-order chi connectivity index (χ1) is 9.60. The lowest BCUT2D eigenvalue weighted by atomic mass is 10.1. The summed E-state index contributed by atoms with van der Waals surface area (Å²) in [5.41, 5.74) is 1.16. The Bertz CT molecular complexity index is 628. The monoisotopic (exact) mass is 335 g/mol. The molecule has 0 aliphatic carbocycles. The largest absolute Gasteiger partial charge is 0.507 e. The van der Waals surface area contributed by atoms with E-state index < -0.39 is 0 Å². The van der Waals surface area contributed by atoms with Crippen LogP contribution in [0, 0.1) is 0 Å². The molecule has 20 heavy (non-hydrogen) atoms. The summed E-state index contributed by atoms with van der Waals surface area (Å²) in [5, 5.41) is 12.4. The first-order valence-corrected chi connectivity index (χ1v) is 6.79. The van der Waals surface area contributed by atoms with Crippen molar-refractivity contribution in [1.29, 1.82) is 0 Å². The number of hydrogen-bond acceptors (Lipinski definition) is 3. The Morgan fingerprint density at radius 1 is 1.30 bits per heavy atom. The third-order valence-corrected chi connectivity index (χ3v) is 3.28. The van der Waals surface area contributed by atoms with Crippen LogP contribution in [-0.4, -0.2) is 18.1 Å². The Morgan fingerprint density at radius 3 is 2.85 bits per heavy atom. The number of halogens is 1. The Balaban J connectivity index is 2.06. The van der Waals surface area contributed by atoms with Gasteiger partial charge in [0.05, 0.1) is 12.7 Å². The number of hydrogen-bond donors (Lipinski definition) is 2. The van der Waals surface area contributed by atoms with E-state index in [9.17, 15) is 9.90 Å². The zero-order chi connectivity index (χ0) is 14.5. The molecule has 0 heterocycles. The third kappa shape index (κ3) is 3.51. The fraction of sp³-hybridized carbons (Fsp3) is 0.133. The van der Waals surface area contributed by atoms with Gasteiger partial charge >= 0.3 is 0 Å². The van der Waals surface area contributed by atoms with Crippen LogP contribution in [-0.2, 0) is 6.54 Å². The molecule has 0 saturated heterocycles. The lowest BCUT2D eigenvalue weighted by molar-refractivity contribution is 0.0948. The number of benzene rings is 2. The number of rotatable bonds is 4. The molecule has 1 amide bonds. The highest BCUT2D eigenvalue weighted by atomic mass is 79.9. The number of phenolic OH excluding ortho intramolecular Hbond substituents is 1. The highest BCUT2D eigenvalue weighted by molar-refractivity contribution is 9.10. The maximum absolute atomic E-state index is 12.0. The molecule has 0 unspecified atom stereocenters. The van der Waals surface area contributed by atoms with E-state index in [1.807, 2.05) is 24.3 Å². The van der Waals surface area contributed by atoms with Gasteiger partial charge in [-0.2, -0.15) is 0 Å².